The summed E-state index contributed by atoms with van der Waals surface area (Å²) in [4.78, 5) is 36.6. The van der Waals surface area contributed by atoms with Gasteiger partial charge in [0.2, 0.25) is 11.8 Å². The topological polar surface area (TPSA) is 108 Å². The Morgan fingerprint density at radius 1 is 1.00 bits per heavy atom. The number of hydrogen-bond donors (Lipinski definition) is 4. The fourth-order valence-electron chi connectivity index (χ4n) is 2.68. The average molecular weight is 404 g/mol. The zero-order valence-corrected chi connectivity index (χ0v) is 16.3. The van der Waals surface area contributed by atoms with Crippen LogP contribution in [-0.2, 0) is 16.1 Å². The molecule has 1 heterocycles. The van der Waals surface area contributed by atoms with Crippen LogP contribution in [0.5, 0.6) is 0 Å². The zero-order chi connectivity index (χ0) is 20.2. The molecule has 150 valence electrons. The molecule has 0 saturated carbocycles. The molecule has 4 N–H and O–H groups in total. The van der Waals surface area contributed by atoms with Gasteiger partial charge >= 0.3 is 0 Å². The van der Waals surface area contributed by atoms with Crippen LogP contribution in [0.3, 0.4) is 0 Å². The van der Waals surface area contributed by atoms with E-state index in [-0.39, 0.29) is 18.2 Å². The number of unbranched alkanes of at least 4 members (excludes halogenated alkanes) is 2. The number of hydroxylamine groups is 1. The first-order chi connectivity index (χ1) is 13.6. The second-order valence-corrected chi connectivity index (χ2v) is 7.29. The summed E-state index contributed by atoms with van der Waals surface area (Å²) in [5, 5.41) is 16.0. The molecule has 0 aliphatic carbocycles. The largest absolute Gasteiger partial charge is 0.350 e. The van der Waals surface area contributed by atoms with E-state index < -0.39 is 11.9 Å². The van der Waals surface area contributed by atoms with Crippen LogP contribution in [-0.4, -0.2) is 29.0 Å². The first kappa shape index (κ1) is 21.6. The van der Waals surface area contributed by atoms with Crippen molar-refractivity contribution in [2.75, 3.05) is 0 Å². The smallest absolute Gasteiger partial charge is 0.261 e. The molecule has 1 atom stereocenters. The van der Waals surface area contributed by atoms with Crippen LogP contribution in [0.25, 0.3) is 0 Å². The van der Waals surface area contributed by atoms with Gasteiger partial charge in [-0.15, -0.1) is 11.3 Å². The Hall–Kier alpha value is -2.71. The second-order valence-electron chi connectivity index (χ2n) is 6.34. The molecule has 0 saturated heterocycles. The van der Waals surface area contributed by atoms with Gasteiger partial charge in [0.1, 0.15) is 6.04 Å². The molecule has 0 aliphatic heterocycles. The van der Waals surface area contributed by atoms with Crippen molar-refractivity contribution >= 4 is 29.1 Å². The van der Waals surface area contributed by atoms with Crippen LogP contribution in [0.4, 0.5) is 0 Å². The molecule has 3 amide bonds. The van der Waals surface area contributed by atoms with Crippen molar-refractivity contribution in [3.63, 3.8) is 0 Å². The van der Waals surface area contributed by atoms with Gasteiger partial charge in [0, 0.05) is 13.0 Å². The van der Waals surface area contributed by atoms with Crippen molar-refractivity contribution in [3.05, 3.63) is 58.3 Å². The van der Waals surface area contributed by atoms with E-state index in [1.807, 2.05) is 35.7 Å². The van der Waals surface area contributed by atoms with E-state index in [2.05, 4.69) is 10.6 Å². The van der Waals surface area contributed by atoms with Gasteiger partial charge in [-0.1, -0.05) is 49.2 Å². The molecule has 1 aromatic heterocycles. The first-order valence-electron chi connectivity index (χ1n) is 9.19. The molecule has 2 aromatic rings. The van der Waals surface area contributed by atoms with Crippen molar-refractivity contribution in [2.24, 2.45) is 0 Å². The van der Waals surface area contributed by atoms with Crippen LogP contribution in [0, 0.1) is 0 Å². The Morgan fingerprint density at radius 3 is 2.46 bits per heavy atom. The minimum absolute atomic E-state index is 0.225. The van der Waals surface area contributed by atoms with Gasteiger partial charge in [0.05, 0.1) is 4.88 Å². The van der Waals surface area contributed by atoms with Crippen molar-refractivity contribution in [1.29, 1.82) is 0 Å². The molecule has 0 radical (unpaired) electrons. The second kappa shape index (κ2) is 11.9. The molecule has 28 heavy (non-hydrogen) atoms. The highest BCUT2D eigenvalue weighted by Crippen LogP contribution is 2.11. The Morgan fingerprint density at radius 2 is 1.79 bits per heavy atom. The lowest BCUT2D eigenvalue weighted by Crippen LogP contribution is -2.46. The van der Waals surface area contributed by atoms with Gasteiger partial charge in [-0.25, -0.2) is 5.48 Å². The predicted octanol–water partition coefficient (Wildman–Crippen LogP) is 2.62. The van der Waals surface area contributed by atoms with Gasteiger partial charge in [0.25, 0.3) is 5.91 Å². The third-order valence-corrected chi connectivity index (χ3v) is 5.07. The maximum atomic E-state index is 12.6. The summed E-state index contributed by atoms with van der Waals surface area (Å²) in [6.07, 6.45) is 2.68. The third kappa shape index (κ3) is 7.50. The quantitative estimate of drug-likeness (QED) is 0.263. The summed E-state index contributed by atoms with van der Waals surface area (Å²) < 4.78 is 0. The van der Waals surface area contributed by atoms with E-state index in [9.17, 15) is 14.4 Å². The Labute approximate surface area is 168 Å². The summed E-state index contributed by atoms with van der Waals surface area (Å²) in [5.74, 6) is -0.931. The normalized spacial score (nSPS) is 11.5. The molecule has 0 spiro atoms. The summed E-state index contributed by atoms with van der Waals surface area (Å²) in [5.41, 5.74) is 2.58. The molecular formula is C20H25N3O4S. The molecule has 0 bridgehead atoms. The monoisotopic (exact) mass is 403 g/mol. The number of carbonyl (C=O) groups excluding carboxylic acids is 3. The van der Waals surface area contributed by atoms with E-state index in [4.69, 9.17) is 5.21 Å². The van der Waals surface area contributed by atoms with E-state index in [0.29, 0.717) is 37.1 Å². The Balaban J connectivity index is 1.87. The van der Waals surface area contributed by atoms with Gasteiger partial charge in [-0.05, 0) is 29.9 Å². The standard InChI is InChI=1S/C20H25N3O4S/c24-18(23-27)12-6-2-5-10-16(22-20(26)17-11-7-13-28-17)19(25)21-14-15-8-3-1-4-9-15/h1,3-4,7-9,11,13,16,27H,2,5-6,10,12,14H2,(H,21,25)(H,22,26)(H,23,24)/t16-/m0/s1. The maximum Gasteiger partial charge on any atom is 0.261 e. The molecule has 0 aliphatic rings. The number of hydrogen-bond acceptors (Lipinski definition) is 5. The first-order valence-corrected chi connectivity index (χ1v) is 10.1. The summed E-state index contributed by atoms with van der Waals surface area (Å²) in [6, 6.07) is 12.4. The van der Waals surface area contributed by atoms with E-state index in [1.54, 1.807) is 17.6 Å². The fourth-order valence-corrected chi connectivity index (χ4v) is 3.31. The number of carbonyl (C=O) groups is 3. The van der Waals surface area contributed by atoms with Crippen LogP contribution in [0.2, 0.25) is 0 Å². The highest BCUT2D eigenvalue weighted by atomic mass is 32.1. The van der Waals surface area contributed by atoms with Crippen LogP contribution in [0.1, 0.15) is 47.3 Å². The third-order valence-electron chi connectivity index (χ3n) is 4.20. The lowest BCUT2D eigenvalue weighted by Gasteiger charge is -2.18. The van der Waals surface area contributed by atoms with Crippen molar-refractivity contribution < 1.29 is 19.6 Å². The molecule has 0 unspecified atom stereocenters. The number of benzene rings is 1. The maximum absolute atomic E-state index is 12.6. The number of amides is 3. The lowest BCUT2D eigenvalue weighted by molar-refractivity contribution is -0.129. The Kier molecular flexibility index (Phi) is 9.17. The summed E-state index contributed by atoms with van der Waals surface area (Å²) in [7, 11) is 0. The molecular weight excluding hydrogens is 378 g/mol. The predicted molar refractivity (Wildman–Crippen MR) is 107 cm³/mol. The van der Waals surface area contributed by atoms with Crippen LogP contribution < -0.4 is 16.1 Å². The number of nitrogens with one attached hydrogen (secondary N) is 3. The fraction of sp³-hybridized carbons (Fsp3) is 0.350. The molecule has 2 rings (SSSR count). The molecule has 8 heteroatoms. The average Bonchev–Trinajstić information content (AvgIpc) is 3.26. The minimum atomic E-state index is -0.648. The van der Waals surface area contributed by atoms with Gasteiger partial charge in [-0.3, -0.25) is 19.6 Å². The van der Waals surface area contributed by atoms with E-state index in [0.717, 1.165) is 5.56 Å². The highest BCUT2D eigenvalue weighted by Gasteiger charge is 2.21. The SMILES string of the molecule is O=C(CCCCC[C@H](NC(=O)c1cccs1)C(=O)NCc1ccccc1)NO. The molecule has 7 nitrogen and oxygen atoms in total. The van der Waals surface area contributed by atoms with E-state index >= 15 is 0 Å². The van der Waals surface area contributed by atoms with Crippen LogP contribution in [0.15, 0.2) is 47.8 Å². The highest BCUT2D eigenvalue weighted by molar-refractivity contribution is 7.12. The van der Waals surface area contributed by atoms with E-state index in [1.165, 1.54) is 11.3 Å². The number of rotatable bonds is 11. The van der Waals surface area contributed by atoms with Crippen molar-refractivity contribution in [1.82, 2.24) is 16.1 Å². The van der Waals surface area contributed by atoms with Crippen molar-refractivity contribution in [2.45, 2.75) is 44.7 Å². The molecule has 1 aromatic carbocycles. The van der Waals surface area contributed by atoms with Crippen molar-refractivity contribution in [3.8, 4) is 0 Å². The minimum Gasteiger partial charge on any atom is -0.350 e. The summed E-state index contributed by atoms with van der Waals surface area (Å²) >= 11 is 1.32. The number of thiophene rings is 1. The van der Waals surface area contributed by atoms with Gasteiger partial charge < -0.3 is 10.6 Å². The Bertz CT molecular complexity index is 750. The summed E-state index contributed by atoms with van der Waals surface area (Å²) in [6.45, 7) is 0.391. The van der Waals surface area contributed by atoms with Gasteiger partial charge in [-0.2, -0.15) is 0 Å². The zero-order valence-electron chi connectivity index (χ0n) is 15.5. The molecule has 0 fully saturated rings. The lowest BCUT2D eigenvalue weighted by atomic mass is 10.1. The van der Waals surface area contributed by atoms with Crippen LogP contribution >= 0.6 is 11.3 Å². The van der Waals surface area contributed by atoms with Gasteiger partial charge in [0.15, 0.2) is 0 Å².